The number of aromatic nitrogens is 1. The summed E-state index contributed by atoms with van der Waals surface area (Å²) in [5.74, 6) is -0.281. The van der Waals surface area contributed by atoms with Crippen molar-refractivity contribution in [3.63, 3.8) is 0 Å². The molecule has 1 atom stereocenters. The number of hydrogen-bond acceptors (Lipinski definition) is 3. The molecule has 0 radical (unpaired) electrons. The van der Waals surface area contributed by atoms with Crippen LogP contribution in [0.2, 0.25) is 5.02 Å². The molecule has 6 nitrogen and oxygen atoms in total. The number of H-pyrrole nitrogens is 1. The molecule has 1 aromatic carbocycles. The van der Waals surface area contributed by atoms with Crippen molar-refractivity contribution in [1.29, 1.82) is 0 Å². The summed E-state index contributed by atoms with van der Waals surface area (Å²) in [5.41, 5.74) is 6.80. The Kier molecular flexibility index (Phi) is 4.90. The smallest absolute Gasteiger partial charge is 0.266 e. The van der Waals surface area contributed by atoms with E-state index < -0.39 is 11.5 Å². The van der Waals surface area contributed by atoms with Gasteiger partial charge < -0.3 is 15.6 Å². The molecule has 0 aliphatic carbocycles. The Morgan fingerprint density at radius 2 is 2.08 bits per heavy atom. The molecule has 2 aromatic rings. The second kappa shape index (κ2) is 7.11. The van der Waals surface area contributed by atoms with Crippen molar-refractivity contribution < 1.29 is 9.59 Å². The van der Waals surface area contributed by atoms with E-state index in [9.17, 15) is 14.4 Å². The molecule has 0 saturated carbocycles. The van der Waals surface area contributed by atoms with E-state index in [2.05, 4.69) is 4.98 Å². The molecule has 7 heteroatoms. The number of halogens is 1. The van der Waals surface area contributed by atoms with Crippen LogP contribution in [-0.4, -0.2) is 34.8 Å². The van der Waals surface area contributed by atoms with Crippen molar-refractivity contribution in [2.45, 2.75) is 12.8 Å². The van der Waals surface area contributed by atoms with E-state index in [-0.39, 0.29) is 10.9 Å². The number of carbonyl (C=O) groups is 2. The highest BCUT2D eigenvalue weighted by molar-refractivity contribution is 6.30. The lowest BCUT2D eigenvalue weighted by molar-refractivity contribution is 0.0786. The average molecular weight is 360 g/mol. The van der Waals surface area contributed by atoms with Crippen LogP contribution in [0.1, 0.15) is 32.7 Å². The fraction of sp³-hybridized carbons (Fsp3) is 0.278. The fourth-order valence-corrected chi connectivity index (χ4v) is 3.30. The second-order valence-corrected chi connectivity index (χ2v) is 6.65. The van der Waals surface area contributed by atoms with E-state index >= 15 is 0 Å². The lowest BCUT2D eigenvalue weighted by atomic mass is 9.97. The monoisotopic (exact) mass is 359 g/mol. The Labute approximate surface area is 149 Å². The molecule has 130 valence electrons. The Hall–Kier alpha value is -2.60. The standard InChI is InChI=1S/C18H18ClN3O3/c19-15-8-14(9-21-17(15)24)18(25)22-5-4-12(10-22)6-11-2-1-3-13(7-11)16(20)23/h1-3,7-9,12H,4-6,10H2,(H2,20,23)(H,21,24)/t12-/m0/s1. The van der Waals surface area contributed by atoms with Crippen molar-refractivity contribution in [2.24, 2.45) is 11.7 Å². The van der Waals surface area contributed by atoms with Crippen LogP contribution in [0.4, 0.5) is 0 Å². The number of primary amides is 1. The second-order valence-electron chi connectivity index (χ2n) is 6.24. The van der Waals surface area contributed by atoms with Gasteiger partial charge in [-0.2, -0.15) is 0 Å². The van der Waals surface area contributed by atoms with Crippen LogP contribution >= 0.6 is 11.6 Å². The zero-order valence-corrected chi connectivity index (χ0v) is 14.3. The van der Waals surface area contributed by atoms with E-state index in [0.717, 1.165) is 18.4 Å². The third-order valence-corrected chi connectivity index (χ3v) is 4.69. The number of nitrogens with one attached hydrogen (secondary N) is 1. The highest BCUT2D eigenvalue weighted by Gasteiger charge is 2.27. The summed E-state index contributed by atoms with van der Waals surface area (Å²) >= 11 is 5.79. The fourth-order valence-electron chi connectivity index (χ4n) is 3.13. The minimum atomic E-state index is -0.444. The number of nitrogens with zero attached hydrogens (tertiary/aromatic N) is 1. The van der Waals surface area contributed by atoms with Gasteiger partial charge in [-0.25, -0.2) is 0 Å². The van der Waals surface area contributed by atoms with Crippen LogP contribution in [-0.2, 0) is 6.42 Å². The molecule has 1 aromatic heterocycles. The van der Waals surface area contributed by atoms with Gasteiger partial charge in [-0.15, -0.1) is 0 Å². The summed E-state index contributed by atoms with van der Waals surface area (Å²) in [7, 11) is 0. The van der Waals surface area contributed by atoms with Crippen molar-refractivity contribution in [3.8, 4) is 0 Å². The third-order valence-electron chi connectivity index (χ3n) is 4.41. The maximum atomic E-state index is 12.5. The zero-order valence-electron chi connectivity index (χ0n) is 13.5. The van der Waals surface area contributed by atoms with Gasteiger partial charge in [-0.05, 0) is 42.5 Å². The van der Waals surface area contributed by atoms with Gasteiger partial charge >= 0.3 is 0 Å². The number of rotatable bonds is 4. The van der Waals surface area contributed by atoms with Crippen LogP contribution in [0.15, 0.2) is 41.3 Å². The van der Waals surface area contributed by atoms with Crippen molar-refractivity contribution in [3.05, 3.63) is 68.6 Å². The van der Waals surface area contributed by atoms with Crippen molar-refractivity contribution in [2.75, 3.05) is 13.1 Å². The largest absolute Gasteiger partial charge is 0.366 e. The molecular formula is C18H18ClN3O3. The van der Waals surface area contributed by atoms with E-state index in [1.165, 1.54) is 12.3 Å². The molecule has 3 rings (SSSR count). The molecular weight excluding hydrogens is 342 g/mol. The summed E-state index contributed by atoms with van der Waals surface area (Å²) in [6.07, 6.45) is 3.04. The quantitative estimate of drug-likeness (QED) is 0.871. The molecule has 1 fully saturated rings. The van der Waals surface area contributed by atoms with E-state index in [4.69, 9.17) is 17.3 Å². The SMILES string of the molecule is NC(=O)c1cccc(C[C@@H]2CCN(C(=O)c3c[nH]c(=O)c(Cl)c3)C2)c1. The van der Waals surface area contributed by atoms with Crippen LogP contribution < -0.4 is 11.3 Å². The zero-order chi connectivity index (χ0) is 18.0. The lowest BCUT2D eigenvalue weighted by Gasteiger charge is -2.17. The first-order valence-corrected chi connectivity index (χ1v) is 8.38. The lowest BCUT2D eigenvalue weighted by Crippen LogP contribution is -2.29. The van der Waals surface area contributed by atoms with Gasteiger partial charge in [0, 0.05) is 24.8 Å². The van der Waals surface area contributed by atoms with Gasteiger partial charge in [0.25, 0.3) is 11.5 Å². The molecule has 0 bridgehead atoms. The number of aromatic amines is 1. The minimum Gasteiger partial charge on any atom is -0.366 e. The molecule has 1 aliphatic heterocycles. The van der Waals surface area contributed by atoms with Crippen LogP contribution in [0, 0.1) is 5.92 Å². The van der Waals surface area contributed by atoms with E-state index in [1.807, 2.05) is 12.1 Å². The van der Waals surface area contributed by atoms with Gasteiger partial charge in [0.2, 0.25) is 5.91 Å². The maximum Gasteiger partial charge on any atom is 0.266 e. The Morgan fingerprint density at radius 3 is 2.80 bits per heavy atom. The van der Waals surface area contributed by atoms with Gasteiger partial charge in [-0.1, -0.05) is 23.7 Å². The summed E-state index contributed by atoms with van der Waals surface area (Å²) in [6, 6.07) is 8.66. The van der Waals surface area contributed by atoms with Crippen LogP contribution in [0.5, 0.6) is 0 Å². The molecule has 25 heavy (non-hydrogen) atoms. The van der Waals surface area contributed by atoms with Gasteiger partial charge in [0.15, 0.2) is 0 Å². The molecule has 2 heterocycles. The summed E-state index contributed by atoms with van der Waals surface area (Å²) < 4.78 is 0. The first-order valence-electron chi connectivity index (χ1n) is 8.00. The van der Waals surface area contributed by atoms with Crippen molar-refractivity contribution in [1.82, 2.24) is 9.88 Å². The predicted octanol–water partition coefficient (Wildman–Crippen LogP) is 1.83. The molecule has 3 N–H and O–H groups in total. The Bertz CT molecular complexity index is 878. The number of carbonyl (C=O) groups excluding carboxylic acids is 2. The van der Waals surface area contributed by atoms with E-state index in [0.29, 0.717) is 30.1 Å². The molecule has 1 saturated heterocycles. The highest BCUT2D eigenvalue weighted by atomic mass is 35.5. The first kappa shape index (κ1) is 17.2. The highest BCUT2D eigenvalue weighted by Crippen LogP contribution is 2.23. The van der Waals surface area contributed by atoms with Crippen molar-refractivity contribution >= 4 is 23.4 Å². The van der Waals surface area contributed by atoms with Gasteiger partial charge in [0.1, 0.15) is 5.02 Å². The number of amides is 2. The third kappa shape index (κ3) is 3.91. The molecule has 0 unspecified atom stereocenters. The van der Waals surface area contributed by atoms with Gasteiger partial charge in [-0.3, -0.25) is 14.4 Å². The summed E-state index contributed by atoms with van der Waals surface area (Å²) in [6.45, 7) is 1.27. The number of hydrogen-bond donors (Lipinski definition) is 2. The Morgan fingerprint density at radius 1 is 1.28 bits per heavy atom. The van der Waals surface area contributed by atoms with E-state index in [1.54, 1.807) is 17.0 Å². The number of likely N-dealkylation sites (tertiary alicyclic amines) is 1. The molecule has 1 aliphatic rings. The minimum absolute atomic E-state index is 0.00450. The topological polar surface area (TPSA) is 96.3 Å². The molecule has 0 spiro atoms. The maximum absolute atomic E-state index is 12.5. The predicted molar refractivity (Wildman–Crippen MR) is 94.7 cm³/mol. The van der Waals surface area contributed by atoms with Crippen LogP contribution in [0.25, 0.3) is 0 Å². The van der Waals surface area contributed by atoms with Gasteiger partial charge in [0.05, 0.1) is 5.56 Å². The summed E-state index contributed by atoms with van der Waals surface area (Å²) in [5, 5.41) is 0.00450. The number of nitrogens with two attached hydrogens (primary N) is 1. The first-order chi connectivity index (χ1) is 11.9. The number of benzene rings is 1. The average Bonchev–Trinajstić information content (AvgIpc) is 3.05. The van der Waals surface area contributed by atoms with Crippen LogP contribution in [0.3, 0.4) is 0 Å². The Balaban J connectivity index is 1.66. The molecule has 2 amide bonds. The normalized spacial score (nSPS) is 16.8. The summed E-state index contributed by atoms with van der Waals surface area (Å²) in [4.78, 5) is 39.3. The number of pyridine rings is 1.